The van der Waals surface area contributed by atoms with Gasteiger partial charge in [0.15, 0.2) is 0 Å². The lowest BCUT2D eigenvalue weighted by Gasteiger charge is -2.24. The Bertz CT molecular complexity index is 966. The fourth-order valence-electron chi connectivity index (χ4n) is 8.42. The molecular formula is C55H105NO5. The van der Waals surface area contributed by atoms with E-state index < -0.39 is 18.2 Å². The van der Waals surface area contributed by atoms with Crippen LogP contribution in [-0.4, -0.2) is 46.9 Å². The fourth-order valence-corrected chi connectivity index (χ4v) is 8.42. The number of unbranched alkanes of at least 4 members (excludes halogenated alkanes) is 34. The van der Waals surface area contributed by atoms with Gasteiger partial charge in [-0.25, -0.2) is 0 Å². The molecule has 0 aromatic heterocycles. The maximum atomic E-state index is 13.2. The number of esters is 1. The first-order valence-electron chi connectivity index (χ1n) is 27.1. The van der Waals surface area contributed by atoms with Crippen molar-refractivity contribution in [3.63, 3.8) is 0 Å². The number of aliphatic hydroxyl groups is 2. The van der Waals surface area contributed by atoms with Gasteiger partial charge in [0, 0.05) is 6.42 Å². The Morgan fingerprint density at radius 3 is 1.25 bits per heavy atom. The summed E-state index contributed by atoms with van der Waals surface area (Å²) in [4.78, 5) is 26.2. The number of ether oxygens (including phenoxy) is 1. The van der Waals surface area contributed by atoms with Gasteiger partial charge in [-0.05, 0) is 51.4 Å². The highest BCUT2D eigenvalue weighted by atomic mass is 16.5. The first-order valence-corrected chi connectivity index (χ1v) is 27.1. The van der Waals surface area contributed by atoms with Gasteiger partial charge in [0.25, 0.3) is 0 Å². The highest BCUT2D eigenvalue weighted by Crippen LogP contribution is 2.18. The molecule has 0 fully saturated rings. The molecule has 0 saturated carbocycles. The van der Waals surface area contributed by atoms with E-state index in [9.17, 15) is 19.8 Å². The van der Waals surface area contributed by atoms with E-state index in [2.05, 4.69) is 50.4 Å². The number of nitrogens with one attached hydrogen (secondary N) is 1. The highest BCUT2D eigenvalue weighted by molar-refractivity contribution is 5.77. The number of hydrogen-bond donors (Lipinski definition) is 3. The topological polar surface area (TPSA) is 95.9 Å². The van der Waals surface area contributed by atoms with Crippen LogP contribution in [0.25, 0.3) is 0 Å². The molecule has 360 valence electrons. The van der Waals surface area contributed by atoms with Gasteiger partial charge in [-0.3, -0.25) is 9.59 Å². The molecule has 0 saturated heterocycles. The lowest BCUT2D eigenvalue weighted by Crippen LogP contribution is -2.46. The minimum Gasteiger partial charge on any atom is -0.462 e. The molecule has 0 rings (SSSR count). The molecule has 0 aromatic rings. The molecular weight excluding hydrogens is 755 g/mol. The third-order valence-corrected chi connectivity index (χ3v) is 12.6. The summed E-state index contributed by atoms with van der Waals surface area (Å²) < 4.78 is 5.94. The normalized spacial score (nSPS) is 13.3. The Balaban J connectivity index is 4.53. The van der Waals surface area contributed by atoms with Crippen molar-refractivity contribution < 1.29 is 24.5 Å². The minimum absolute atomic E-state index is 0.0694. The quantitative estimate of drug-likeness (QED) is 0.0322. The van der Waals surface area contributed by atoms with Crippen LogP contribution in [0, 0.1) is 0 Å². The van der Waals surface area contributed by atoms with Gasteiger partial charge < -0.3 is 20.3 Å². The predicted molar refractivity (Wildman–Crippen MR) is 264 cm³/mol. The summed E-state index contributed by atoms with van der Waals surface area (Å²) in [7, 11) is 0. The van der Waals surface area contributed by atoms with Crippen LogP contribution in [0.15, 0.2) is 24.3 Å². The zero-order valence-electron chi connectivity index (χ0n) is 41.1. The number of hydrogen-bond acceptors (Lipinski definition) is 5. The van der Waals surface area contributed by atoms with E-state index in [-0.39, 0.29) is 24.9 Å². The summed E-state index contributed by atoms with van der Waals surface area (Å²) in [5, 5.41) is 23.8. The molecule has 61 heavy (non-hydrogen) atoms. The van der Waals surface area contributed by atoms with Gasteiger partial charge in [0.2, 0.25) is 5.91 Å². The molecule has 0 aliphatic carbocycles. The number of allylic oxidation sites excluding steroid dienone is 4. The van der Waals surface area contributed by atoms with Crippen molar-refractivity contribution in [1.82, 2.24) is 5.32 Å². The van der Waals surface area contributed by atoms with Crippen LogP contribution in [-0.2, 0) is 14.3 Å². The van der Waals surface area contributed by atoms with Crippen LogP contribution in [0.4, 0.5) is 0 Å². The van der Waals surface area contributed by atoms with E-state index >= 15 is 0 Å². The molecule has 0 bridgehead atoms. The molecule has 6 nitrogen and oxygen atoms in total. The Morgan fingerprint density at radius 1 is 0.475 bits per heavy atom. The Morgan fingerprint density at radius 2 is 0.820 bits per heavy atom. The summed E-state index contributed by atoms with van der Waals surface area (Å²) in [6.45, 7) is 6.47. The molecule has 6 heteroatoms. The van der Waals surface area contributed by atoms with Crippen molar-refractivity contribution in [3.05, 3.63) is 24.3 Å². The lowest BCUT2D eigenvalue weighted by molar-refractivity contribution is -0.151. The molecule has 0 aliphatic heterocycles. The molecule has 0 heterocycles. The van der Waals surface area contributed by atoms with Crippen LogP contribution in [0.5, 0.6) is 0 Å². The van der Waals surface area contributed by atoms with Crippen molar-refractivity contribution in [3.8, 4) is 0 Å². The third-order valence-electron chi connectivity index (χ3n) is 12.6. The standard InChI is InChI=1S/C55H105NO5/c1-4-7-10-13-16-19-22-25-26-27-28-30-33-36-39-42-45-48-55(60)61-51(46-43-40-37-34-31-29-23-20-17-14-11-8-5-2)49-54(59)56-52(50-57)53(58)47-44-41-38-35-32-24-21-18-15-12-9-6-3/h17,20,23,29,51-53,57-58H,4-16,18-19,21-22,24-28,30-50H2,1-3H3,(H,56,59)/b20-17+,29-23+. The maximum Gasteiger partial charge on any atom is 0.306 e. The monoisotopic (exact) mass is 860 g/mol. The van der Waals surface area contributed by atoms with Crippen LogP contribution >= 0.6 is 0 Å². The van der Waals surface area contributed by atoms with E-state index in [4.69, 9.17) is 4.74 Å². The Hall–Kier alpha value is -1.66. The van der Waals surface area contributed by atoms with Gasteiger partial charge in [-0.15, -0.1) is 0 Å². The number of carbonyl (C=O) groups is 2. The average molecular weight is 860 g/mol. The number of aliphatic hydroxyl groups excluding tert-OH is 2. The molecule has 3 atom stereocenters. The molecule has 3 unspecified atom stereocenters. The summed E-state index contributed by atoms with van der Waals surface area (Å²) in [6.07, 6.45) is 56.7. The zero-order valence-corrected chi connectivity index (χ0v) is 41.1. The van der Waals surface area contributed by atoms with Crippen molar-refractivity contribution >= 4 is 11.9 Å². The van der Waals surface area contributed by atoms with E-state index in [1.54, 1.807) is 0 Å². The van der Waals surface area contributed by atoms with Gasteiger partial charge in [0.05, 0.1) is 25.2 Å². The lowest BCUT2D eigenvalue weighted by atomic mass is 10.0. The number of rotatable bonds is 49. The van der Waals surface area contributed by atoms with Crippen LogP contribution < -0.4 is 5.32 Å². The number of carbonyl (C=O) groups excluding carboxylic acids is 2. The fraction of sp³-hybridized carbons (Fsp3) is 0.891. The highest BCUT2D eigenvalue weighted by Gasteiger charge is 2.24. The maximum absolute atomic E-state index is 13.2. The van der Waals surface area contributed by atoms with Crippen molar-refractivity contribution in [2.24, 2.45) is 0 Å². The van der Waals surface area contributed by atoms with Crippen LogP contribution in [0.1, 0.15) is 290 Å². The number of amides is 1. The molecule has 1 amide bonds. The average Bonchev–Trinajstić information content (AvgIpc) is 3.25. The van der Waals surface area contributed by atoms with Crippen LogP contribution in [0.3, 0.4) is 0 Å². The van der Waals surface area contributed by atoms with Crippen molar-refractivity contribution in [1.29, 1.82) is 0 Å². The third kappa shape index (κ3) is 44.7. The summed E-state index contributed by atoms with van der Waals surface area (Å²) in [5.41, 5.74) is 0. The van der Waals surface area contributed by atoms with Gasteiger partial charge >= 0.3 is 5.97 Å². The van der Waals surface area contributed by atoms with Crippen LogP contribution in [0.2, 0.25) is 0 Å². The second-order valence-corrected chi connectivity index (χ2v) is 18.7. The zero-order chi connectivity index (χ0) is 44.5. The van der Waals surface area contributed by atoms with E-state index in [1.807, 2.05) is 0 Å². The largest absolute Gasteiger partial charge is 0.462 e. The van der Waals surface area contributed by atoms with Crippen molar-refractivity contribution in [2.45, 2.75) is 309 Å². The SMILES string of the molecule is CCCCC/C=C/C=C/CCCCCCC(CC(=O)NC(CO)C(O)CCCCCCCCCCCCCC)OC(=O)CCCCCCCCCCCCCCCCCCC. The minimum atomic E-state index is -0.789. The second kappa shape index (κ2) is 49.4. The Labute approximate surface area is 380 Å². The van der Waals surface area contributed by atoms with Gasteiger partial charge in [-0.2, -0.15) is 0 Å². The summed E-state index contributed by atoms with van der Waals surface area (Å²) in [6, 6.07) is -0.703. The predicted octanol–water partition coefficient (Wildman–Crippen LogP) is 16.3. The molecule has 0 aliphatic rings. The first-order chi connectivity index (χ1) is 30.0. The van der Waals surface area contributed by atoms with E-state index in [1.165, 1.54) is 173 Å². The molecule has 0 spiro atoms. The Kier molecular flexibility index (Phi) is 48.0. The first kappa shape index (κ1) is 59.3. The summed E-state index contributed by atoms with van der Waals surface area (Å²) >= 11 is 0. The second-order valence-electron chi connectivity index (χ2n) is 18.7. The van der Waals surface area contributed by atoms with Gasteiger partial charge in [-0.1, -0.05) is 251 Å². The smallest absolute Gasteiger partial charge is 0.306 e. The molecule has 3 N–H and O–H groups in total. The van der Waals surface area contributed by atoms with Gasteiger partial charge in [0.1, 0.15) is 6.10 Å². The molecule has 0 radical (unpaired) electrons. The van der Waals surface area contributed by atoms with E-state index in [0.717, 1.165) is 70.6 Å². The van der Waals surface area contributed by atoms with E-state index in [0.29, 0.717) is 19.3 Å². The summed E-state index contributed by atoms with van der Waals surface area (Å²) in [5.74, 6) is -0.478. The van der Waals surface area contributed by atoms with Crippen molar-refractivity contribution in [2.75, 3.05) is 6.61 Å². The molecule has 0 aromatic carbocycles.